The first kappa shape index (κ1) is 8.67. The van der Waals surface area contributed by atoms with Gasteiger partial charge in [-0.1, -0.05) is 11.2 Å². The molecular weight excluding hydrogens is 156 g/mol. The molecular formula is C8H10N2O2. The number of hydrogen-bond acceptors (Lipinski definition) is 4. The van der Waals surface area contributed by atoms with Crippen molar-refractivity contribution in [3.05, 3.63) is 30.1 Å². The van der Waals surface area contributed by atoms with Gasteiger partial charge in [0.1, 0.15) is 6.61 Å². The van der Waals surface area contributed by atoms with Crippen molar-refractivity contribution in [3.63, 3.8) is 0 Å². The Balaban J connectivity index is 2.36. The molecule has 0 radical (unpaired) electrons. The number of aromatic nitrogens is 1. The molecule has 12 heavy (non-hydrogen) atoms. The van der Waals surface area contributed by atoms with Gasteiger partial charge in [-0.3, -0.25) is 4.98 Å². The molecule has 0 amide bonds. The molecule has 0 aliphatic carbocycles. The van der Waals surface area contributed by atoms with Crippen LogP contribution in [0.1, 0.15) is 5.69 Å². The van der Waals surface area contributed by atoms with Crippen molar-refractivity contribution in [2.24, 2.45) is 5.16 Å². The van der Waals surface area contributed by atoms with Crippen LogP contribution in [0.2, 0.25) is 0 Å². The van der Waals surface area contributed by atoms with E-state index in [0.29, 0.717) is 0 Å². The summed E-state index contributed by atoms with van der Waals surface area (Å²) in [5.74, 6) is 0. The summed E-state index contributed by atoms with van der Waals surface area (Å²) in [5, 5.41) is 11.9. The third-order valence-electron chi connectivity index (χ3n) is 1.13. The Bertz CT molecular complexity index is 236. The van der Waals surface area contributed by atoms with Crippen LogP contribution in [-0.4, -0.2) is 29.5 Å². The lowest BCUT2D eigenvalue weighted by molar-refractivity contribution is 0.0997. The van der Waals surface area contributed by atoms with Crippen LogP contribution in [0.15, 0.2) is 29.6 Å². The second-order valence-electron chi connectivity index (χ2n) is 2.05. The first-order valence-electron chi connectivity index (χ1n) is 3.60. The first-order valence-corrected chi connectivity index (χ1v) is 3.60. The van der Waals surface area contributed by atoms with E-state index in [2.05, 4.69) is 15.0 Å². The van der Waals surface area contributed by atoms with E-state index < -0.39 is 0 Å². The molecule has 1 rings (SSSR count). The van der Waals surface area contributed by atoms with Crippen LogP contribution in [0, 0.1) is 0 Å². The van der Waals surface area contributed by atoms with Crippen LogP contribution in [0.3, 0.4) is 0 Å². The van der Waals surface area contributed by atoms with Crippen LogP contribution < -0.4 is 0 Å². The zero-order valence-corrected chi connectivity index (χ0v) is 6.55. The average Bonchev–Trinajstić information content (AvgIpc) is 2.14. The Morgan fingerprint density at radius 2 is 2.50 bits per heavy atom. The van der Waals surface area contributed by atoms with Gasteiger partial charge in [-0.2, -0.15) is 0 Å². The fraction of sp³-hybridized carbons (Fsp3) is 0.250. The van der Waals surface area contributed by atoms with Gasteiger partial charge in [0.2, 0.25) is 0 Å². The van der Waals surface area contributed by atoms with Crippen molar-refractivity contribution in [2.75, 3.05) is 13.2 Å². The van der Waals surface area contributed by atoms with Gasteiger partial charge in [0.05, 0.1) is 18.5 Å². The highest BCUT2D eigenvalue weighted by atomic mass is 16.6. The van der Waals surface area contributed by atoms with Crippen molar-refractivity contribution in [1.82, 2.24) is 4.98 Å². The summed E-state index contributed by atoms with van der Waals surface area (Å²) >= 11 is 0. The molecule has 0 spiro atoms. The predicted octanol–water partition coefficient (Wildman–Crippen LogP) is 0.424. The van der Waals surface area contributed by atoms with Crippen molar-refractivity contribution in [1.29, 1.82) is 0 Å². The van der Waals surface area contributed by atoms with Gasteiger partial charge >= 0.3 is 0 Å². The van der Waals surface area contributed by atoms with Crippen LogP contribution in [0.25, 0.3) is 0 Å². The van der Waals surface area contributed by atoms with Gasteiger partial charge < -0.3 is 9.94 Å². The first-order chi connectivity index (χ1) is 5.93. The summed E-state index contributed by atoms with van der Waals surface area (Å²) < 4.78 is 0. The Morgan fingerprint density at radius 3 is 3.17 bits per heavy atom. The summed E-state index contributed by atoms with van der Waals surface area (Å²) in [5.41, 5.74) is 0.732. The summed E-state index contributed by atoms with van der Waals surface area (Å²) in [7, 11) is 0. The molecule has 0 unspecified atom stereocenters. The molecule has 0 bridgehead atoms. The molecule has 0 aliphatic heterocycles. The van der Waals surface area contributed by atoms with E-state index in [1.54, 1.807) is 6.20 Å². The third-order valence-corrected chi connectivity index (χ3v) is 1.13. The quantitative estimate of drug-likeness (QED) is 0.401. The van der Waals surface area contributed by atoms with Gasteiger partial charge in [0, 0.05) is 6.20 Å². The lowest BCUT2D eigenvalue weighted by Crippen LogP contribution is -1.94. The molecule has 0 aromatic carbocycles. The second-order valence-corrected chi connectivity index (χ2v) is 2.05. The summed E-state index contributed by atoms with van der Waals surface area (Å²) in [4.78, 5) is 8.65. The molecule has 0 saturated heterocycles. The maximum Gasteiger partial charge on any atom is 0.140 e. The summed E-state index contributed by atoms with van der Waals surface area (Å²) in [6.07, 6.45) is 3.17. The number of hydrogen-bond donors (Lipinski definition) is 1. The number of rotatable bonds is 4. The van der Waals surface area contributed by atoms with Gasteiger partial charge in [-0.25, -0.2) is 0 Å². The van der Waals surface area contributed by atoms with Crippen LogP contribution in [-0.2, 0) is 4.84 Å². The molecule has 4 nitrogen and oxygen atoms in total. The Labute approximate surface area is 70.5 Å². The largest absolute Gasteiger partial charge is 0.393 e. The minimum absolute atomic E-state index is 0.0282. The van der Waals surface area contributed by atoms with Crippen molar-refractivity contribution in [3.8, 4) is 0 Å². The molecule has 1 heterocycles. The monoisotopic (exact) mass is 166 g/mol. The van der Waals surface area contributed by atoms with Crippen LogP contribution in [0.4, 0.5) is 0 Å². The standard InChI is InChI=1S/C8H10N2O2/c11-5-6-12-10-7-8-3-1-2-4-9-8/h1-4,7,11H,5-6H2. The van der Waals surface area contributed by atoms with Gasteiger partial charge in [0.15, 0.2) is 0 Å². The Kier molecular flexibility index (Phi) is 3.80. The topological polar surface area (TPSA) is 54.7 Å². The minimum atomic E-state index is -0.0282. The highest BCUT2D eigenvalue weighted by Crippen LogP contribution is 1.88. The van der Waals surface area contributed by atoms with E-state index in [-0.39, 0.29) is 13.2 Å². The van der Waals surface area contributed by atoms with Crippen molar-refractivity contribution >= 4 is 6.21 Å². The SMILES string of the molecule is OCCON=Cc1ccccn1. The Hall–Kier alpha value is -1.42. The van der Waals surface area contributed by atoms with E-state index in [0.717, 1.165) is 5.69 Å². The third kappa shape index (κ3) is 3.12. The zero-order chi connectivity index (χ0) is 8.65. The molecule has 1 aromatic heterocycles. The van der Waals surface area contributed by atoms with E-state index >= 15 is 0 Å². The van der Waals surface area contributed by atoms with E-state index in [1.807, 2.05) is 18.2 Å². The highest BCUT2D eigenvalue weighted by molar-refractivity contribution is 5.76. The van der Waals surface area contributed by atoms with Crippen LogP contribution in [0.5, 0.6) is 0 Å². The number of aliphatic hydroxyl groups is 1. The molecule has 0 aliphatic rings. The van der Waals surface area contributed by atoms with Gasteiger partial charge in [0.25, 0.3) is 0 Å². The molecule has 0 fully saturated rings. The number of pyridine rings is 1. The lowest BCUT2D eigenvalue weighted by atomic mass is 10.4. The zero-order valence-electron chi connectivity index (χ0n) is 6.55. The lowest BCUT2D eigenvalue weighted by Gasteiger charge is -1.92. The molecule has 0 atom stereocenters. The van der Waals surface area contributed by atoms with E-state index in [9.17, 15) is 0 Å². The molecule has 64 valence electrons. The number of oxime groups is 1. The highest BCUT2D eigenvalue weighted by Gasteiger charge is 1.84. The van der Waals surface area contributed by atoms with Crippen LogP contribution >= 0.6 is 0 Å². The second kappa shape index (κ2) is 5.26. The van der Waals surface area contributed by atoms with Gasteiger partial charge in [-0.05, 0) is 12.1 Å². The summed E-state index contributed by atoms with van der Waals surface area (Å²) in [6, 6.07) is 5.50. The van der Waals surface area contributed by atoms with Crippen molar-refractivity contribution in [2.45, 2.75) is 0 Å². The number of aliphatic hydroxyl groups excluding tert-OH is 1. The van der Waals surface area contributed by atoms with E-state index in [1.165, 1.54) is 6.21 Å². The van der Waals surface area contributed by atoms with Gasteiger partial charge in [-0.15, -0.1) is 0 Å². The smallest absolute Gasteiger partial charge is 0.140 e. The van der Waals surface area contributed by atoms with Crippen molar-refractivity contribution < 1.29 is 9.94 Å². The molecule has 1 N–H and O–H groups in total. The fourth-order valence-corrected chi connectivity index (χ4v) is 0.637. The normalized spacial score (nSPS) is 10.4. The summed E-state index contributed by atoms with van der Waals surface area (Å²) in [6.45, 7) is 0.183. The predicted molar refractivity (Wildman–Crippen MR) is 44.9 cm³/mol. The number of nitrogens with zero attached hydrogens (tertiary/aromatic N) is 2. The minimum Gasteiger partial charge on any atom is -0.393 e. The maximum atomic E-state index is 8.35. The average molecular weight is 166 g/mol. The molecule has 1 aromatic rings. The molecule has 4 heteroatoms. The Morgan fingerprint density at radius 1 is 1.58 bits per heavy atom. The van der Waals surface area contributed by atoms with E-state index in [4.69, 9.17) is 5.11 Å². The molecule has 0 saturated carbocycles. The fourth-order valence-electron chi connectivity index (χ4n) is 0.637. The maximum absolute atomic E-state index is 8.35.